The van der Waals surface area contributed by atoms with Gasteiger partial charge in [-0.25, -0.2) is 18.1 Å². The lowest BCUT2D eigenvalue weighted by atomic mass is 10.1. The Hall–Kier alpha value is -2.97. The van der Waals surface area contributed by atoms with Crippen molar-refractivity contribution in [1.82, 2.24) is 14.3 Å². The molecule has 0 saturated carbocycles. The number of aryl methyl sites for hydroxylation is 2. The van der Waals surface area contributed by atoms with Gasteiger partial charge in [0.1, 0.15) is 5.75 Å². The summed E-state index contributed by atoms with van der Waals surface area (Å²) in [7, 11) is -2.06. The van der Waals surface area contributed by atoms with Crippen molar-refractivity contribution in [3.05, 3.63) is 76.3 Å². The van der Waals surface area contributed by atoms with E-state index in [1.165, 1.54) is 17.0 Å². The number of nitrogens with zero attached hydrogens (tertiary/aromatic N) is 2. The van der Waals surface area contributed by atoms with Crippen LogP contribution in [-0.2, 0) is 16.6 Å². The Labute approximate surface area is 170 Å². The van der Waals surface area contributed by atoms with Crippen molar-refractivity contribution in [3.63, 3.8) is 0 Å². The van der Waals surface area contributed by atoms with Crippen LogP contribution in [0.2, 0.25) is 0 Å². The van der Waals surface area contributed by atoms with Gasteiger partial charge >= 0.3 is 0 Å². The summed E-state index contributed by atoms with van der Waals surface area (Å²) in [5.41, 5.74) is 2.77. The van der Waals surface area contributed by atoms with Crippen LogP contribution in [0.3, 0.4) is 0 Å². The van der Waals surface area contributed by atoms with E-state index in [0.29, 0.717) is 11.3 Å². The Morgan fingerprint density at radius 1 is 1.07 bits per heavy atom. The van der Waals surface area contributed by atoms with E-state index in [9.17, 15) is 13.2 Å². The maximum atomic E-state index is 12.5. The molecule has 3 aromatic rings. The molecule has 0 unspecified atom stereocenters. The molecule has 0 bridgehead atoms. The largest absolute Gasteiger partial charge is 0.497 e. The summed E-state index contributed by atoms with van der Waals surface area (Å²) in [4.78, 5) is 16.9. The number of benzene rings is 2. The van der Waals surface area contributed by atoms with Crippen LogP contribution < -0.4 is 15.0 Å². The minimum absolute atomic E-state index is 0.0825. The number of hydrogen-bond donors (Lipinski definition) is 1. The molecule has 29 heavy (non-hydrogen) atoms. The van der Waals surface area contributed by atoms with Crippen LogP contribution in [-0.4, -0.2) is 31.6 Å². The highest BCUT2D eigenvalue weighted by molar-refractivity contribution is 7.89. The maximum Gasteiger partial charge on any atom is 0.253 e. The van der Waals surface area contributed by atoms with E-state index in [0.717, 1.165) is 16.9 Å². The molecule has 1 aromatic heterocycles. The standard InChI is InChI=1S/C21H23N3O4S/c1-15-4-9-20(16(2)12-15)29(26,27)23-10-11-24-14-22-19(13-21(24)25)17-5-7-18(28-3)8-6-17/h4-9,12-14,23H,10-11H2,1-3H3. The van der Waals surface area contributed by atoms with Crippen LogP contribution in [0.4, 0.5) is 0 Å². The minimum Gasteiger partial charge on any atom is -0.497 e. The molecule has 0 aliphatic carbocycles. The lowest BCUT2D eigenvalue weighted by Crippen LogP contribution is -2.31. The van der Waals surface area contributed by atoms with Crippen LogP contribution in [0.1, 0.15) is 11.1 Å². The van der Waals surface area contributed by atoms with Gasteiger partial charge in [0, 0.05) is 24.7 Å². The second kappa shape index (κ2) is 8.59. The molecular formula is C21H23N3O4S. The highest BCUT2D eigenvalue weighted by atomic mass is 32.2. The van der Waals surface area contributed by atoms with E-state index in [2.05, 4.69) is 9.71 Å². The van der Waals surface area contributed by atoms with Crippen molar-refractivity contribution in [2.75, 3.05) is 13.7 Å². The summed E-state index contributed by atoms with van der Waals surface area (Å²) in [6.07, 6.45) is 1.42. The SMILES string of the molecule is COc1ccc(-c2cc(=O)n(CCNS(=O)(=O)c3ccc(C)cc3C)cn2)cc1. The van der Waals surface area contributed by atoms with Crippen molar-refractivity contribution >= 4 is 10.0 Å². The van der Waals surface area contributed by atoms with Crippen LogP contribution >= 0.6 is 0 Å². The second-order valence-electron chi connectivity index (χ2n) is 6.70. The Bertz CT molecular complexity index is 1170. The summed E-state index contributed by atoms with van der Waals surface area (Å²) in [6, 6.07) is 13.8. The summed E-state index contributed by atoms with van der Waals surface area (Å²) in [5.74, 6) is 0.721. The summed E-state index contributed by atoms with van der Waals surface area (Å²) >= 11 is 0. The van der Waals surface area contributed by atoms with Crippen LogP contribution in [0, 0.1) is 13.8 Å². The van der Waals surface area contributed by atoms with Gasteiger partial charge in [-0.1, -0.05) is 17.7 Å². The number of aromatic nitrogens is 2. The highest BCUT2D eigenvalue weighted by Gasteiger charge is 2.16. The van der Waals surface area contributed by atoms with E-state index in [1.54, 1.807) is 38.3 Å². The Kier molecular flexibility index (Phi) is 6.14. The molecule has 0 aliphatic heterocycles. The number of ether oxygens (including phenoxy) is 1. The van der Waals surface area contributed by atoms with Gasteiger partial charge in [-0.2, -0.15) is 0 Å². The van der Waals surface area contributed by atoms with Crippen molar-refractivity contribution in [3.8, 4) is 17.0 Å². The van der Waals surface area contributed by atoms with Crippen LogP contribution in [0.5, 0.6) is 5.75 Å². The smallest absolute Gasteiger partial charge is 0.253 e. The van der Waals surface area contributed by atoms with Crippen molar-refractivity contribution in [2.45, 2.75) is 25.3 Å². The van der Waals surface area contributed by atoms with Gasteiger partial charge in [0.25, 0.3) is 5.56 Å². The van der Waals surface area contributed by atoms with Gasteiger partial charge in [0.05, 0.1) is 24.0 Å². The lowest BCUT2D eigenvalue weighted by Gasteiger charge is -2.11. The van der Waals surface area contributed by atoms with Crippen LogP contribution in [0.15, 0.2) is 64.5 Å². The normalized spacial score (nSPS) is 11.4. The van der Waals surface area contributed by atoms with Crippen molar-refractivity contribution in [2.24, 2.45) is 0 Å². The molecule has 8 heteroatoms. The third-order valence-electron chi connectivity index (χ3n) is 4.53. The fourth-order valence-corrected chi connectivity index (χ4v) is 4.24. The summed E-state index contributed by atoms with van der Waals surface area (Å²) < 4.78 is 34.0. The van der Waals surface area contributed by atoms with E-state index >= 15 is 0 Å². The number of nitrogens with one attached hydrogen (secondary N) is 1. The third kappa shape index (κ3) is 4.90. The fourth-order valence-electron chi connectivity index (χ4n) is 2.99. The monoisotopic (exact) mass is 413 g/mol. The molecule has 2 aromatic carbocycles. The van der Waals surface area contributed by atoms with Gasteiger partial charge in [-0.15, -0.1) is 0 Å². The highest BCUT2D eigenvalue weighted by Crippen LogP contribution is 2.19. The first-order chi connectivity index (χ1) is 13.8. The van der Waals surface area contributed by atoms with Crippen molar-refractivity contribution in [1.29, 1.82) is 0 Å². The predicted octanol–water partition coefficient (Wildman–Crippen LogP) is 2.51. The van der Waals surface area contributed by atoms with Crippen LogP contribution in [0.25, 0.3) is 11.3 Å². The zero-order valence-electron chi connectivity index (χ0n) is 16.5. The van der Waals surface area contributed by atoms with E-state index < -0.39 is 10.0 Å². The molecule has 1 N–H and O–H groups in total. The first-order valence-electron chi connectivity index (χ1n) is 9.08. The van der Waals surface area contributed by atoms with Gasteiger partial charge in [0.15, 0.2) is 0 Å². The maximum absolute atomic E-state index is 12.5. The molecule has 1 heterocycles. The Morgan fingerprint density at radius 3 is 2.41 bits per heavy atom. The number of hydrogen-bond acceptors (Lipinski definition) is 5. The lowest BCUT2D eigenvalue weighted by molar-refractivity contribution is 0.415. The molecule has 0 saturated heterocycles. The first-order valence-corrected chi connectivity index (χ1v) is 10.6. The second-order valence-corrected chi connectivity index (χ2v) is 8.44. The van der Waals surface area contributed by atoms with E-state index in [-0.39, 0.29) is 23.5 Å². The molecular weight excluding hydrogens is 390 g/mol. The van der Waals surface area contributed by atoms with E-state index in [1.807, 2.05) is 25.1 Å². The third-order valence-corrected chi connectivity index (χ3v) is 6.15. The summed E-state index contributed by atoms with van der Waals surface area (Å²) in [6.45, 7) is 3.93. The van der Waals surface area contributed by atoms with Gasteiger partial charge in [-0.05, 0) is 49.7 Å². The zero-order valence-corrected chi connectivity index (χ0v) is 17.4. The molecule has 152 valence electrons. The Balaban J connectivity index is 1.68. The Morgan fingerprint density at radius 2 is 1.79 bits per heavy atom. The van der Waals surface area contributed by atoms with Gasteiger partial charge < -0.3 is 4.74 Å². The molecule has 3 rings (SSSR count). The average Bonchev–Trinajstić information content (AvgIpc) is 2.69. The predicted molar refractivity (Wildman–Crippen MR) is 112 cm³/mol. The molecule has 0 radical (unpaired) electrons. The topological polar surface area (TPSA) is 90.3 Å². The molecule has 0 aliphatic rings. The molecule has 0 amide bonds. The van der Waals surface area contributed by atoms with E-state index in [4.69, 9.17) is 4.74 Å². The fraction of sp³-hybridized carbons (Fsp3) is 0.238. The summed E-state index contributed by atoms with van der Waals surface area (Å²) in [5, 5.41) is 0. The number of methoxy groups -OCH3 is 1. The number of sulfonamides is 1. The molecule has 7 nitrogen and oxygen atoms in total. The average molecular weight is 413 g/mol. The van der Waals surface area contributed by atoms with Crippen molar-refractivity contribution < 1.29 is 13.2 Å². The van der Waals surface area contributed by atoms with Gasteiger partial charge in [-0.3, -0.25) is 9.36 Å². The molecule has 0 spiro atoms. The zero-order chi connectivity index (χ0) is 21.0. The minimum atomic E-state index is -3.65. The molecule has 0 fully saturated rings. The quantitative estimate of drug-likeness (QED) is 0.643. The first kappa shape index (κ1) is 20.8. The van der Waals surface area contributed by atoms with Gasteiger partial charge in [0.2, 0.25) is 10.0 Å². The number of rotatable bonds is 7. The molecule has 0 atom stereocenters.